The zero-order valence-electron chi connectivity index (χ0n) is 6.58. The van der Waals surface area contributed by atoms with Crippen molar-refractivity contribution in [3.8, 4) is 0 Å². The van der Waals surface area contributed by atoms with Crippen LogP contribution in [0.15, 0.2) is 0 Å². The number of rotatable bonds is 0. The van der Waals surface area contributed by atoms with Crippen LogP contribution in [0.2, 0.25) is 0 Å². The van der Waals surface area contributed by atoms with Gasteiger partial charge in [-0.2, -0.15) is 0 Å². The van der Waals surface area contributed by atoms with Gasteiger partial charge in [-0.1, -0.05) is 0 Å². The van der Waals surface area contributed by atoms with Gasteiger partial charge in [0.05, 0.1) is 0 Å². The molecule has 0 atom stereocenters. The van der Waals surface area contributed by atoms with Gasteiger partial charge in [0.25, 0.3) is 0 Å². The normalized spacial score (nSPS) is 25.0. The van der Waals surface area contributed by atoms with E-state index < -0.39 is 13.9 Å². The van der Waals surface area contributed by atoms with E-state index >= 15 is 0 Å². The Morgan fingerprint density at radius 2 is 0.750 bits per heavy atom. The van der Waals surface area contributed by atoms with Gasteiger partial charge in [-0.25, -0.2) is 0 Å². The maximum atomic E-state index is 8.32. The average molecular weight is 168 g/mol. The van der Waals surface area contributed by atoms with Crippen LogP contribution >= 0.6 is 0 Å². The fourth-order valence-electron chi connectivity index (χ4n) is 0.322. The third-order valence-corrected chi connectivity index (χ3v) is 0.613. The first kappa shape index (κ1) is 15.5. The van der Waals surface area contributed by atoms with Gasteiger partial charge in [0, 0.05) is 0 Å². The van der Waals surface area contributed by atoms with Gasteiger partial charge in [0.2, 0.25) is 0 Å². The van der Waals surface area contributed by atoms with Crippen LogP contribution in [-0.2, 0) is 19.2 Å². The van der Waals surface area contributed by atoms with Crippen molar-refractivity contribution in [1.82, 2.24) is 0 Å². The quantitative estimate of drug-likeness (QED) is 0.208. The van der Waals surface area contributed by atoms with Gasteiger partial charge in [0.15, 0.2) is 0 Å². The fourth-order valence-corrected chi connectivity index (χ4v) is 0.322. The van der Waals surface area contributed by atoms with Crippen molar-refractivity contribution in [1.29, 1.82) is 0 Å². The third-order valence-electron chi connectivity index (χ3n) is 0.613. The van der Waals surface area contributed by atoms with Crippen LogP contribution in [0.4, 0.5) is 0 Å². The van der Waals surface area contributed by atoms with Crippen LogP contribution in [0, 0.1) is 0 Å². The fraction of sp³-hybridized carbons (Fsp3) is 0. The van der Waals surface area contributed by atoms with E-state index in [1.165, 1.54) is 0 Å². The molecule has 60 valence electrons. The minimum absolute atomic E-state index is 0. The molecule has 0 radical (unpaired) electrons. The molecule has 0 saturated carbocycles. The van der Waals surface area contributed by atoms with Gasteiger partial charge in [0.1, 0.15) is 0 Å². The van der Waals surface area contributed by atoms with E-state index in [0.717, 1.165) is 0 Å². The maximum absolute atomic E-state index is 8.32. The molecule has 8 nitrogen and oxygen atoms in total. The predicted octanol–water partition coefficient (Wildman–Crippen LogP) is -9.26. The van der Waals surface area contributed by atoms with Crippen molar-refractivity contribution >= 4 is 13.9 Å². The molecular weight excluding hydrogens is 163 g/mol. The Labute approximate surface area is 91.0 Å². The summed E-state index contributed by atoms with van der Waals surface area (Å²) in [4.78, 5) is 14.1. The molecule has 0 spiro atoms. The van der Waals surface area contributed by atoms with E-state index in [1.54, 1.807) is 0 Å². The first-order valence-electron chi connectivity index (χ1n) is 2.31. The largest absolute Gasteiger partial charge is 1.00 e. The second kappa shape index (κ2) is 5.03. The smallest absolute Gasteiger partial charge is 0.531 e. The summed E-state index contributed by atoms with van der Waals surface area (Å²) in [7, 11) is 0. The zero-order chi connectivity index (χ0) is 7.83. The Balaban J connectivity index is 0. The van der Waals surface area contributed by atoms with Gasteiger partial charge in [-0.15, -0.1) is 0 Å². The molecule has 1 saturated heterocycles. The summed E-state index contributed by atoms with van der Waals surface area (Å²) in [6, 6.07) is 0. The van der Waals surface area contributed by atoms with E-state index in [-0.39, 0.29) is 37.7 Å². The van der Waals surface area contributed by atoms with Crippen molar-refractivity contribution in [2.24, 2.45) is 0 Å². The first-order valence-corrected chi connectivity index (χ1v) is 2.31. The molecule has 0 aromatic rings. The minimum atomic E-state index is -3.71. The Kier molecular flexibility index (Phi) is 6.48. The van der Waals surface area contributed by atoms with Crippen molar-refractivity contribution < 1.29 is 77.0 Å². The molecule has 1 aliphatic rings. The summed E-state index contributed by atoms with van der Waals surface area (Å²) < 4.78 is 0. The zero-order valence-corrected chi connectivity index (χ0v) is 6.58. The van der Waals surface area contributed by atoms with E-state index in [4.69, 9.17) is 20.1 Å². The summed E-state index contributed by atoms with van der Waals surface area (Å²) in [6.07, 6.45) is 0. The molecule has 1 aliphatic heterocycles. The molecule has 12 heteroatoms. The molecule has 1 heterocycles. The van der Waals surface area contributed by atoms with Crippen LogP contribution < -0.4 is 37.7 Å². The second-order valence-corrected chi connectivity index (χ2v) is 1.65. The summed E-state index contributed by atoms with van der Waals surface area (Å²) in [5.41, 5.74) is 0. The Morgan fingerprint density at radius 3 is 0.917 bits per heavy atom. The second-order valence-electron chi connectivity index (χ2n) is 1.65. The summed E-state index contributed by atoms with van der Waals surface area (Å²) in [5.74, 6) is 0. The van der Waals surface area contributed by atoms with Crippen LogP contribution in [0.5, 0.6) is 0 Å². The van der Waals surface area contributed by atoms with Gasteiger partial charge < -0.3 is 39.3 Å². The molecule has 0 aliphatic carbocycles. The topological polar surface area (TPSA) is 118 Å². The van der Waals surface area contributed by atoms with Crippen molar-refractivity contribution in [3.05, 3.63) is 0 Å². The van der Waals surface area contributed by atoms with E-state index in [9.17, 15) is 0 Å². The van der Waals surface area contributed by atoms with E-state index in [2.05, 4.69) is 19.2 Å². The summed E-state index contributed by atoms with van der Waals surface area (Å²) in [6.45, 7) is -7.41. The third kappa shape index (κ3) is 4.89. The van der Waals surface area contributed by atoms with Crippen molar-refractivity contribution in [3.63, 3.8) is 0 Å². The van der Waals surface area contributed by atoms with Gasteiger partial charge in [-0.05, 0) is 0 Å². The van der Waals surface area contributed by atoms with Crippen molar-refractivity contribution in [2.45, 2.75) is 0 Å². The molecule has 1 rings (SSSR count). The maximum Gasteiger partial charge on any atom is 1.00 e. The van der Waals surface area contributed by atoms with Crippen molar-refractivity contribution in [2.75, 3.05) is 0 Å². The van der Waals surface area contributed by atoms with E-state index in [0.29, 0.717) is 0 Å². The molecule has 0 aromatic heterocycles. The molecule has 0 unspecified atom stereocenters. The molecule has 0 bridgehead atoms. The van der Waals surface area contributed by atoms with Crippen LogP contribution in [0.25, 0.3) is 0 Å². The molecule has 1 fully saturated rings. The first-order chi connectivity index (χ1) is 4.41. The Morgan fingerprint density at radius 1 is 0.583 bits per heavy atom. The van der Waals surface area contributed by atoms with Crippen LogP contribution in [0.1, 0.15) is 0 Å². The molecule has 4 N–H and O–H groups in total. The van der Waals surface area contributed by atoms with Gasteiger partial charge >= 0.3 is 51.6 Å². The molecular formula is H4B2Li2O8. The number of hydrogen-bond acceptors (Lipinski definition) is 8. The average Bonchev–Trinajstić information content (AvgIpc) is 1.79. The van der Waals surface area contributed by atoms with Crippen LogP contribution in [-0.4, -0.2) is 34.0 Å². The monoisotopic (exact) mass is 168 g/mol. The Bertz CT molecular complexity index is 107. The molecule has 0 aromatic carbocycles. The standard InChI is InChI=1S/B2H4O8.2Li/c3-1(4)7-9-2(5,6)10-8-1;;/h3-6H;;/q-2;2*+1. The Hall–Kier alpha value is 1.00. The molecule has 0 amide bonds. The van der Waals surface area contributed by atoms with Gasteiger partial charge in [-0.3, -0.25) is 0 Å². The summed E-state index contributed by atoms with van der Waals surface area (Å²) >= 11 is 0. The SMILES string of the molecule is O[B-]1(O)OO[B-](O)(O)OO1.[Li+].[Li+]. The summed E-state index contributed by atoms with van der Waals surface area (Å²) in [5, 5.41) is 33.3. The van der Waals surface area contributed by atoms with Crippen LogP contribution in [0.3, 0.4) is 0 Å². The van der Waals surface area contributed by atoms with E-state index in [1.807, 2.05) is 0 Å². The minimum Gasteiger partial charge on any atom is -0.531 e. The predicted molar refractivity (Wildman–Crippen MR) is 24.7 cm³/mol. The molecule has 12 heavy (non-hydrogen) atoms. The number of hydrogen-bond donors (Lipinski definition) is 4.